The molecule has 0 unspecified atom stereocenters. The average molecular weight is 401 g/mol. The monoisotopic (exact) mass is 401 g/mol. The van der Waals surface area contributed by atoms with Crippen molar-refractivity contribution in [3.63, 3.8) is 0 Å². The van der Waals surface area contributed by atoms with Crippen molar-refractivity contribution in [3.8, 4) is 0 Å². The number of hydrogen-bond donors (Lipinski definition) is 0. The lowest BCUT2D eigenvalue weighted by molar-refractivity contribution is -0.383. The Morgan fingerprint density at radius 3 is 2.17 bits per heavy atom. The molecule has 0 saturated heterocycles. The minimum Gasteiger partial charge on any atom is -0.267 e. The van der Waals surface area contributed by atoms with E-state index in [0.29, 0.717) is 5.39 Å². The first-order chi connectivity index (χ1) is 14.2. The Hall–Kier alpha value is -3.87. The van der Waals surface area contributed by atoms with Gasteiger partial charge in [0.25, 0.3) is 17.5 Å². The highest BCUT2D eigenvalue weighted by Crippen LogP contribution is 2.35. The summed E-state index contributed by atoms with van der Waals surface area (Å²) in [4.78, 5) is 36.6. The standard InChI is InChI=1S/C23H19N3O4/c1-23(2,3)15-9-7-14(8-10-15)13-24-25-21(27)17-6-4-5-16-19(26(29)30)12-11-18(20(16)17)22(25)28/h4-13H,1-3H3/b24-13-. The number of hydrogen-bond acceptors (Lipinski definition) is 5. The number of nitrogens with zero attached hydrogens (tertiary/aromatic N) is 3. The molecule has 150 valence electrons. The number of rotatable bonds is 3. The van der Waals surface area contributed by atoms with Crippen molar-refractivity contribution in [3.05, 3.63) is 87.0 Å². The van der Waals surface area contributed by atoms with Gasteiger partial charge in [0.15, 0.2) is 0 Å². The zero-order chi connectivity index (χ0) is 21.6. The third-order valence-corrected chi connectivity index (χ3v) is 5.16. The summed E-state index contributed by atoms with van der Waals surface area (Å²) in [6.07, 6.45) is 1.46. The largest absolute Gasteiger partial charge is 0.282 e. The van der Waals surface area contributed by atoms with Crippen LogP contribution in [-0.4, -0.2) is 28.0 Å². The van der Waals surface area contributed by atoms with Gasteiger partial charge in [0.1, 0.15) is 0 Å². The SMILES string of the molecule is CC(C)(C)c1ccc(/C=N\N2C(=O)c3cccc4c([N+](=O)[O-])ccc(c34)C2=O)cc1. The molecule has 7 nitrogen and oxygen atoms in total. The minimum absolute atomic E-state index is 0.0134. The lowest BCUT2D eigenvalue weighted by Gasteiger charge is -2.23. The van der Waals surface area contributed by atoms with Crippen LogP contribution in [0.15, 0.2) is 59.7 Å². The summed E-state index contributed by atoms with van der Waals surface area (Å²) in [5.41, 5.74) is 2.20. The fourth-order valence-corrected chi connectivity index (χ4v) is 3.53. The topological polar surface area (TPSA) is 92.9 Å². The molecule has 3 aromatic carbocycles. The molecule has 1 aliphatic heterocycles. The third kappa shape index (κ3) is 3.14. The second-order valence-electron chi connectivity index (χ2n) is 8.16. The van der Waals surface area contributed by atoms with Gasteiger partial charge in [-0.05, 0) is 34.7 Å². The summed E-state index contributed by atoms with van der Waals surface area (Å²) in [7, 11) is 0. The highest BCUT2D eigenvalue weighted by Gasteiger charge is 2.34. The van der Waals surface area contributed by atoms with E-state index in [0.717, 1.165) is 16.1 Å². The van der Waals surface area contributed by atoms with Crippen molar-refractivity contribution in [2.24, 2.45) is 5.10 Å². The summed E-state index contributed by atoms with van der Waals surface area (Å²) >= 11 is 0. The van der Waals surface area contributed by atoms with Gasteiger partial charge in [-0.15, -0.1) is 0 Å². The molecule has 0 aromatic heterocycles. The van der Waals surface area contributed by atoms with Crippen molar-refractivity contribution in [1.29, 1.82) is 0 Å². The molecule has 1 aliphatic rings. The van der Waals surface area contributed by atoms with E-state index in [1.165, 1.54) is 24.4 Å². The summed E-state index contributed by atoms with van der Waals surface area (Å²) < 4.78 is 0. The van der Waals surface area contributed by atoms with E-state index in [2.05, 4.69) is 25.9 Å². The van der Waals surface area contributed by atoms with Gasteiger partial charge >= 0.3 is 0 Å². The Kier molecular flexibility index (Phi) is 4.46. The highest BCUT2D eigenvalue weighted by molar-refractivity contribution is 6.26. The van der Waals surface area contributed by atoms with E-state index in [1.54, 1.807) is 12.1 Å². The van der Waals surface area contributed by atoms with E-state index in [1.807, 2.05) is 24.3 Å². The van der Waals surface area contributed by atoms with E-state index in [4.69, 9.17) is 0 Å². The molecule has 4 rings (SSSR count). The second kappa shape index (κ2) is 6.88. The first kappa shape index (κ1) is 19.4. The maximum Gasteiger partial charge on any atom is 0.282 e. The average Bonchev–Trinajstić information content (AvgIpc) is 2.71. The van der Waals surface area contributed by atoms with Crippen molar-refractivity contribution in [1.82, 2.24) is 5.01 Å². The van der Waals surface area contributed by atoms with Crippen LogP contribution in [0.5, 0.6) is 0 Å². The number of imide groups is 1. The molecule has 0 saturated carbocycles. The van der Waals surface area contributed by atoms with Gasteiger partial charge < -0.3 is 0 Å². The number of benzene rings is 3. The van der Waals surface area contributed by atoms with Crippen LogP contribution in [0.3, 0.4) is 0 Å². The number of nitro groups is 1. The summed E-state index contributed by atoms with van der Waals surface area (Å²) in [5.74, 6) is -1.22. The van der Waals surface area contributed by atoms with Crippen LogP contribution >= 0.6 is 0 Å². The molecule has 0 bridgehead atoms. The van der Waals surface area contributed by atoms with Gasteiger partial charge in [0.2, 0.25) is 0 Å². The van der Waals surface area contributed by atoms with Gasteiger partial charge in [-0.25, -0.2) is 0 Å². The molecule has 2 amide bonds. The molecule has 0 spiro atoms. The smallest absolute Gasteiger partial charge is 0.267 e. The molecule has 0 radical (unpaired) electrons. The molecule has 1 heterocycles. The molecular formula is C23H19N3O4. The first-order valence-corrected chi connectivity index (χ1v) is 9.42. The normalized spacial score (nSPS) is 14.0. The fraction of sp³-hybridized carbons (Fsp3) is 0.174. The number of carbonyl (C=O) groups is 2. The Morgan fingerprint density at radius 2 is 1.57 bits per heavy atom. The maximum atomic E-state index is 12.9. The van der Waals surface area contributed by atoms with Gasteiger partial charge in [-0.2, -0.15) is 10.1 Å². The summed E-state index contributed by atoms with van der Waals surface area (Å²) in [6.45, 7) is 6.34. The third-order valence-electron chi connectivity index (χ3n) is 5.16. The lowest BCUT2D eigenvalue weighted by Crippen LogP contribution is -2.36. The van der Waals surface area contributed by atoms with Crippen LogP contribution in [-0.2, 0) is 5.41 Å². The van der Waals surface area contributed by atoms with E-state index in [-0.39, 0.29) is 27.6 Å². The molecule has 0 fully saturated rings. The summed E-state index contributed by atoms with van der Waals surface area (Å²) in [6, 6.07) is 15.0. The molecule has 3 aromatic rings. The van der Waals surface area contributed by atoms with E-state index in [9.17, 15) is 19.7 Å². The molecule has 7 heteroatoms. The number of nitro benzene ring substituents is 1. The van der Waals surface area contributed by atoms with Crippen molar-refractivity contribution in [2.45, 2.75) is 26.2 Å². The van der Waals surface area contributed by atoms with Crippen molar-refractivity contribution >= 4 is 34.5 Å². The van der Waals surface area contributed by atoms with Crippen LogP contribution in [0.25, 0.3) is 10.8 Å². The quantitative estimate of drug-likeness (QED) is 0.276. The number of amides is 2. The first-order valence-electron chi connectivity index (χ1n) is 9.42. The molecular weight excluding hydrogens is 382 g/mol. The number of carbonyl (C=O) groups excluding carboxylic acids is 2. The van der Waals surface area contributed by atoms with Gasteiger partial charge in [0, 0.05) is 11.5 Å². The van der Waals surface area contributed by atoms with Crippen LogP contribution in [0.2, 0.25) is 0 Å². The van der Waals surface area contributed by atoms with Crippen molar-refractivity contribution in [2.75, 3.05) is 0 Å². The molecule has 0 atom stereocenters. The van der Waals surface area contributed by atoms with Crippen molar-refractivity contribution < 1.29 is 14.5 Å². The van der Waals surface area contributed by atoms with Gasteiger partial charge in [-0.3, -0.25) is 19.7 Å². The molecule has 0 aliphatic carbocycles. The minimum atomic E-state index is -0.610. The maximum absolute atomic E-state index is 12.9. The number of hydrazone groups is 1. The lowest BCUT2D eigenvalue weighted by atomic mass is 9.87. The molecule has 30 heavy (non-hydrogen) atoms. The Bertz CT molecular complexity index is 1220. The zero-order valence-corrected chi connectivity index (χ0v) is 16.7. The predicted octanol–water partition coefficient (Wildman–Crippen LogP) is 4.68. The summed E-state index contributed by atoms with van der Waals surface area (Å²) in [5, 5.41) is 16.8. The van der Waals surface area contributed by atoms with Gasteiger partial charge in [-0.1, -0.05) is 51.1 Å². The van der Waals surface area contributed by atoms with Gasteiger partial charge in [0.05, 0.1) is 27.7 Å². The van der Waals surface area contributed by atoms with E-state index < -0.39 is 16.7 Å². The van der Waals surface area contributed by atoms with Crippen LogP contribution < -0.4 is 0 Å². The predicted molar refractivity (Wildman–Crippen MR) is 114 cm³/mol. The molecule has 0 N–H and O–H groups in total. The number of non-ortho nitro benzene ring substituents is 1. The Morgan fingerprint density at radius 1 is 0.933 bits per heavy atom. The van der Waals surface area contributed by atoms with E-state index >= 15 is 0 Å². The fourth-order valence-electron chi connectivity index (χ4n) is 3.53. The highest BCUT2D eigenvalue weighted by atomic mass is 16.6. The Labute approximate surface area is 172 Å². The zero-order valence-electron chi connectivity index (χ0n) is 16.7. The van der Waals surface area contributed by atoms with Crippen LogP contribution in [0, 0.1) is 10.1 Å². The second-order valence-corrected chi connectivity index (χ2v) is 8.16. The van der Waals surface area contributed by atoms with Crippen LogP contribution in [0.1, 0.15) is 52.6 Å². The van der Waals surface area contributed by atoms with Crippen LogP contribution in [0.4, 0.5) is 5.69 Å². The Balaban J connectivity index is 1.73.